The second-order valence-electron chi connectivity index (χ2n) is 6.65. The number of hydrogen-bond donors (Lipinski definition) is 0. The molecule has 1 aliphatic rings. The molecule has 0 saturated carbocycles. The fraction of sp³-hybridized carbons (Fsp3) is 0.238. The van der Waals surface area contributed by atoms with E-state index in [1.54, 1.807) is 19.4 Å². The predicted molar refractivity (Wildman–Crippen MR) is 102 cm³/mol. The van der Waals surface area contributed by atoms with Crippen molar-refractivity contribution in [1.29, 1.82) is 0 Å². The van der Waals surface area contributed by atoms with Crippen molar-refractivity contribution in [3.63, 3.8) is 0 Å². The molecule has 0 N–H and O–H groups in total. The van der Waals surface area contributed by atoms with Crippen LogP contribution < -0.4 is 4.90 Å². The van der Waals surface area contributed by atoms with Gasteiger partial charge in [0.1, 0.15) is 0 Å². The third-order valence-electron chi connectivity index (χ3n) is 4.82. The van der Waals surface area contributed by atoms with Crippen molar-refractivity contribution >= 4 is 11.6 Å². The first-order valence-electron chi connectivity index (χ1n) is 8.86. The van der Waals surface area contributed by atoms with Gasteiger partial charge in [0.2, 0.25) is 5.91 Å². The minimum absolute atomic E-state index is 0.0863. The Kier molecular flexibility index (Phi) is 4.54. The van der Waals surface area contributed by atoms with E-state index in [0.717, 1.165) is 31.0 Å². The molecule has 4 rings (SSSR count). The molecule has 1 aliphatic heterocycles. The van der Waals surface area contributed by atoms with Crippen LogP contribution in [0.4, 0.5) is 5.69 Å². The van der Waals surface area contributed by atoms with Gasteiger partial charge < -0.3 is 9.47 Å². The fourth-order valence-electron chi connectivity index (χ4n) is 3.52. The first kappa shape index (κ1) is 16.5. The molecule has 0 unspecified atom stereocenters. The Bertz CT molecular complexity index is 890. The molecular weight excluding hydrogens is 324 g/mol. The molecule has 3 aromatic rings. The molecule has 0 bridgehead atoms. The Hall–Kier alpha value is -2.92. The van der Waals surface area contributed by atoms with Crippen LogP contribution in [-0.4, -0.2) is 33.4 Å². The number of rotatable bonds is 3. The third kappa shape index (κ3) is 3.39. The lowest BCUT2D eigenvalue weighted by molar-refractivity contribution is -0.116. The molecule has 26 heavy (non-hydrogen) atoms. The number of nitrogens with zero attached hydrogens (tertiary/aromatic N) is 4. The monoisotopic (exact) mass is 346 g/mol. The lowest BCUT2D eigenvalue weighted by Gasteiger charge is -2.21. The first-order valence-corrected chi connectivity index (χ1v) is 8.86. The number of carbonyl (C=O) groups is 1. The van der Waals surface area contributed by atoms with Crippen LogP contribution in [0, 0.1) is 0 Å². The number of benzene rings is 2. The van der Waals surface area contributed by atoms with Gasteiger partial charge in [-0.3, -0.25) is 9.69 Å². The molecule has 0 atom stereocenters. The normalized spacial score (nSPS) is 14.7. The van der Waals surface area contributed by atoms with Gasteiger partial charge in [-0.1, -0.05) is 30.3 Å². The molecule has 0 spiro atoms. The van der Waals surface area contributed by atoms with Gasteiger partial charge in [-0.25, -0.2) is 4.98 Å². The van der Waals surface area contributed by atoms with Gasteiger partial charge in [0.25, 0.3) is 0 Å². The van der Waals surface area contributed by atoms with E-state index in [-0.39, 0.29) is 5.91 Å². The third-order valence-corrected chi connectivity index (χ3v) is 4.82. The number of aromatic nitrogens is 2. The van der Waals surface area contributed by atoms with Gasteiger partial charge in [-0.05, 0) is 29.3 Å². The lowest BCUT2D eigenvalue weighted by atomic mass is 10.1. The first-order chi connectivity index (χ1) is 12.7. The smallest absolute Gasteiger partial charge is 0.223 e. The quantitative estimate of drug-likeness (QED) is 0.731. The molecule has 0 aliphatic carbocycles. The van der Waals surface area contributed by atoms with Crippen molar-refractivity contribution in [3.8, 4) is 5.69 Å². The summed E-state index contributed by atoms with van der Waals surface area (Å²) >= 11 is 0. The topological polar surface area (TPSA) is 41.4 Å². The maximum Gasteiger partial charge on any atom is 0.223 e. The van der Waals surface area contributed by atoms with E-state index in [1.807, 2.05) is 27.8 Å². The number of hydrogen-bond acceptors (Lipinski definition) is 3. The van der Waals surface area contributed by atoms with Crippen LogP contribution in [0.25, 0.3) is 5.69 Å². The summed E-state index contributed by atoms with van der Waals surface area (Å²) in [5, 5.41) is 0. The van der Waals surface area contributed by atoms with Crippen LogP contribution in [0.2, 0.25) is 0 Å². The SMILES string of the molecule is CC(=O)N1CCN(Cc2ccccc2)Cc2cc(-n3ccnc3)ccc21. The number of fused-ring (bicyclic) bond motifs is 1. The van der Waals surface area contributed by atoms with Gasteiger partial charge in [0.05, 0.1) is 6.33 Å². The summed E-state index contributed by atoms with van der Waals surface area (Å²) in [6.45, 7) is 4.89. The summed E-state index contributed by atoms with van der Waals surface area (Å²) in [6, 6.07) is 16.7. The average Bonchev–Trinajstić information content (AvgIpc) is 3.11. The second kappa shape index (κ2) is 7.14. The molecule has 2 aromatic carbocycles. The van der Waals surface area contributed by atoms with Crippen molar-refractivity contribution in [3.05, 3.63) is 78.4 Å². The van der Waals surface area contributed by atoms with Crippen molar-refractivity contribution in [1.82, 2.24) is 14.5 Å². The van der Waals surface area contributed by atoms with Gasteiger partial charge in [-0.15, -0.1) is 0 Å². The highest BCUT2D eigenvalue weighted by Crippen LogP contribution is 2.28. The lowest BCUT2D eigenvalue weighted by Crippen LogP contribution is -2.34. The largest absolute Gasteiger partial charge is 0.311 e. The predicted octanol–water partition coefficient (Wildman–Crippen LogP) is 3.24. The van der Waals surface area contributed by atoms with Crippen LogP contribution in [0.5, 0.6) is 0 Å². The Morgan fingerprint density at radius 2 is 1.96 bits per heavy atom. The molecule has 0 saturated heterocycles. The van der Waals surface area contributed by atoms with E-state index in [0.29, 0.717) is 6.54 Å². The van der Waals surface area contributed by atoms with Crippen molar-refractivity contribution in [2.45, 2.75) is 20.0 Å². The highest BCUT2D eigenvalue weighted by Gasteiger charge is 2.22. The zero-order valence-corrected chi connectivity index (χ0v) is 14.9. The van der Waals surface area contributed by atoms with E-state index in [1.165, 1.54) is 11.1 Å². The molecule has 5 heteroatoms. The van der Waals surface area contributed by atoms with Crippen molar-refractivity contribution in [2.75, 3.05) is 18.0 Å². The summed E-state index contributed by atoms with van der Waals surface area (Å²) in [5.74, 6) is 0.0863. The molecule has 5 nitrogen and oxygen atoms in total. The Morgan fingerprint density at radius 1 is 1.12 bits per heavy atom. The number of anilines is 1. The Balaban J connectivity index is 1.67. The molecule has 1 aromatic heterocycles. The van der Waals surface area contributed by atoms with Crippen LogP contribution in [0.15, 0.2) is 67.3 Å². The van der Waals surface area contributed by atoms with Gasteiger partial charge in [-0.2, -0.15) is 0 Å². The second-order valence-corrected chi connectivity index (χ2v) is 6.65. The van der Waals surface area contributed by atoms with Crippen LogP contribution in [0.3, 0.4) is 0 Å². The number of carbonyl (C=O) groups excluding carboxylic acids is 1. The summed E-state index contributed by atoms with van der Waals surface area (Å²) in [5.41, 5.74) is 4.53. The van der Waals surface area contributed by atoms with Crippen LogP contribution in [-0.2, 0) is 17.9 Å². The van der Waals surface area contributed by atoms with E-state index in [2.05, 4.69) is 46.3 Å². The number of amides is 1. The molecule has 132 valence electrons. The number of imidazole rings is 1. The van der Waals surface area contributed by atoms with E-state index in [4.69, 9.17) is 0 Å². The van der Waals surface area contributed by atoms with Crippen molar-refractivity contribution in [2.24, 2.45) is 0 Å². The van der Waals surface area contributed by atoms with E-state index < -0.39 is 0 Å². The van der Waals surface area contributed by atoms with Crippen LogP contribution >= 0.6 is 0 Å². The van der Waals surface area contributed by atoms with Gasteiger partial charge in [0, 0.05) is 56.9 Å². The zero-order valence-electron chi connectivity index (χ0n) is 14.9. The maximum atomic E-state index is 12.2. The Morgan fingerprint density at radius 3 is 2.69 bits per heavy atom. The average molecular weight is 346 g/mol. The fourth-order valence-corrected chi connectivity index (χ4v) is 3.52. The molecule has 2 heterocycles. The molecular formula is C21H22N4O. The van der Waals surface area contributed by atoms with E-state index in [9.17, 15) is 4.79 Å². The molecule has 1 amide bonds. The Labute approximate surface area is 153 Å². The summed E-state index contributed by atoms with van der Waals surface area (Å²) in [7, 11) is 0. The van der Waals surface area contributed by atoms with Gasteiger partial charge in [0.15, 0.2) is 0 Å². The summed E-state index contributed by atoms with van der Waals surface area (Å²) < 4.78 is 1.99. The maximum absolute atomic E-state index is 12.2. The molecule has 0 radical (unpaired) electrons. The molecule has 0 fully saturated rings. The standard InChI is InChI=1S/C21H22N4O/c1-17(26)25-12-11-23(14-18-5-3-2-4-6-18)15-19-13-20(7-8-21(19)25)24-10-9-22-16-24/h2-10,13,16H,11-12,14-15H2,1H3. The van der Waals surface area contributed by atoms with E-state index >= 15 is 0 Å². The summed E-state index contributed by atoms with van der Waals surface area (Å²) in [4.78, 5) is 20.6. The summed E-state index contributed by atoms with van der Waals surface area (Å²) in [6.07, 6.45) is 5.50. The van der Waals surface area contributed by atoms with Crippen LogP contribution in [0.1, 0.15) is 18.1 Å². The highest BCUT2D eigenvalue weighted by molar-refractivity contribution is 5.92. The highest BCUT2D eigenvalue weighted by atomic mass is 16.2. The van der Waals surface area contributed by atoms with Gasteiger partial charge >= 0.3 is 0 Å². The zero-order chi connectivity index (χ0) is 17.9. The minimum atomic E-state index is 0.0863. The van der Waals surface area contributed by atoms with Crippen molar-refractivity contribution < 1.29 is 4.79 Å². The minimum Gasteiger partial charge on any atom is -0.311 e.